The molecular formula is C81H81Cl2F3N18O6S. The Hall–Kier alpha value is -11.4. The Kier molecular flexibility index (Phi) is 22.6. The number of hydrogen-bond donors (Lipinski definition) is 0. The van der Waals surface area contributed by atoms with Crippen molar-refractivity contribution >= 4 is 103 Å². The van der Waals surface area contributed by atoms with Crippen LogP contribution in [0.1, 0.15) is 101 Å². The Labute approximate surface area is 651 Å². The zero-order valence-electron chi connectivity index (χ0n) is 62.7. The van der Waals surface area contributed by atoms with Gasteiger partial charge in [-0.05, 0) is 151 Å². The zero-order chi connectivity index (χ0) is 79.1. The molecule has 111 heavy (non-hydrogen) atoms. The number of fused-ring (bicyclic) bond motifs is 3. The molecule has 0 bridgehead atoms. The van der Waals surface area contributed by atoms with Crippen LogP contribution in [0.3, 0.4) is 0 Å². The quantitative estimate of drug-likeness (QED) is 0.0917. The first kappa shape index (κ1) is 77.8. The van der Waals surface area contributed by atoms with Gasteiger partial charge >= 0.3 is 17.1 Å². The third-order valence-corrected chi connectivity index (χ3v) is 21.8. The highest BCUT2D eigenvalue weighted by Gasteiger charge is 2.38. The lowest BCUT2D eigenvalue weighted by molar-refractivity contribution is -0.127. The monoisotopic (exact) mass is 1560 g/mol. The molecule has 2 aromatic carbocycles. The molecule has 4 fully saturated rings. The second kappa shape index (κ2) is 32.3. The van der Waals surface area contributed by atoms with E-state index in [0.29, 0.717) is 126 Å². The van der Waals surface area contributed by atoms with E-state index in [9.17, 15) is 41.9 Å². The Morgan fingerprint density at radius 1 is 0.550 bits per heavy atom. The molecule has 572 valence electrons. The molecule has 24 nitrogen and oxygen atoms in total. The topological polar surface area (TPSA) is 253 Å². The van der Waals surface area contributed by atoms with Crippen LogP contribution in [-0.2, 0) is 20.8 Å². The van der Waals surface area contributed by atoms with Crippen molar-refractivity contribution in [3.8, 4) is 39.0 Å². The number of amides is 3. The van der Waals surface area contributed by atoms with E-state index in [0.717, 1.165) is 35.4 Å². The Morgan fingerprint density at radius 2 is 1.04 bits per heavy atom. The average molecular weight is 1560 g/mol. The molecule has 3 amide bonds. The van der Waals surface area contributed by atoms with Gasteiger partial charge in [0.1, 0.15) is 45.7 Å². The fourth-order valence-electron chi connectivity index (χ4n) is 14.8. The Morgan fingerprint density at radius 3 is 1.55 bits per heavy atom. The normalized spacial score (nSPS) is 17.2. The second-order valence-electron chi connectivity index (χ2n) is 28.2. The molecule has 15 rings (SSSR count). The summed E-state index contributed by atoms with van der Waals surface area (Å²) < 4.78 is 48.7. The molecule has 3 aliphatic heterocycles. The molecule has 4 aliphatic rings. The number of carbonyl (C=O) groups excluding carboxylic acids is 3. The lowest BCUT2D eigenvalue weighted by Crippen LogP contribution is -2.58. The fraction of sp³-hybridized carbons (Fsp3) is 0.321. The minimum absolute atomic E-state index is 0.0450. The summed E-state index contributed by atoms with van der Waals surface area (Å²) in [5, 5.41) is 2.67. The Balaban J connectivity index is 0.000000146. The van der Waals surface area contributed by atoms with Crippen molar-refractivity contribution in [2.75, 3.05) is 67.1 Å². The summed E-state index contributed by atoms with van der Waals surface area (Å²) >= 11 is 14.8. The van der Waals surface area contributed by atoms with Crippen LogP contribution in [0.2, 0.25) is 10.0 Å². The van der Waals surface area contributed by atoms with Crippen LogP contribution in [0.15, 0.2) is 155 Å². The van der Waals surface area contributed by atoms with Crippen molar-refractivity contribution in [1.82, 2.24) is 73.3 Å². The van der Waals surface area contributed by atoms with Crippen LogP contribution in [0.25, 0.3) is 72.1 Å². The number of benzene rings is 2. The van der Waals surface area contributed by atoms with Crippen LogP contribution in [-0.4, -0.2) is 168 Å². The summed E-state index contributed by atoms with van der Waals surface area (Å²) in [6.07, 6.45) is 9.87. The number of piperazine rings is 3. The maximum absolute atomic E-state index is 14.9. The Bertz CT molecular complexity index is 5740. The number of carbonyl (C=O) groups is 3. The molecule has 0 unspecified atom stereocenters. The van der Waals surface area contributed by atoms with E-state index in [4.69, 9.17) is 33.2 Å². The molecule has 0 radical (unpaired) electrons. The van der Waals surface area contributed by atoms with E-state index in [1.165, 1.54) is 61.5 Å². The maximum Gasteiger partial charge on any atom is 0.357 e. The molecule has 3 saturated heterocycles. The van der Waals surface area contributed by atoms with Gasteiger partial charge in [0.25, 0.3) is 0 Å². The van der Waals surface area contributed by atoms with E-state index in [-0.39, 0.29) is 91.7 Å². The van der Waals surface area contributed by atoms with Crippen molar-refractivity contribution in [3.63, 3.8) is 0 Å². The van der Waals surface area contributed by atoms with E-state index >= 15 is 0 Å². The minimum Gasteiger partial charge on any atom is -0.350 e. The summed E-state index contributed by atoms with van der Waals surface area (Å²) in [5.41, 5.74) is 6.11. The van der Waals surface area contributed by atoms with Gasteiger partial charge in [-0.3, -0.25) is 19.4 Å². The summed E-state index contributed by atoms with van der Waals surface area (Å²) in [4.78, 5) is 130. The van der Waals surface area contributed by atoms with E-state index < -0.39 is 34.5 Å². The van der Waals surface area contributed by atoms with E-state index in [1.54, 1.807) is 94.1 Å². The number of thiazole rings is 1. The first-order valence-electron chi connectivity index (χ1n) is 36.5. The average Bonchev–Trinajstić information content (AvgIpc) is 1.28. The zero-order valence-corrected chi connectivity index (χ0v) is 65.0. The summed E-state index contributed by atoms with van der Waals surface area (Å²) in [6.45, 7) is 31.6. The van der Waals surface area contributed by atoms with Crippen molar-refractivity contribution in [2.24, 2.45) is 0 Å². The molecule has 9 aromatic heterocycles. The van der Waals surface area contributed by atoms with Gasteiger partial charge in [0.05, 0.1) is 65.9 Å². The third kappa shape index (κ3) is 15.1. The van der Waals surface area contributed by atoms with Gasteiger partial charge in [-0.1, -0.05) is 94.0 Å². The van der Waals surface area contributed by atoms with Crippen LogP contribution < -0.4 is 31.8 Å². The van der Waals surface area contributed by atoms with Gasteiger partial charge in [0.15, 0.2) is 16.9 Å². The second-order valence-corrected chi connectivity index (χ2v) is 29.9. The largest absolute Gasteiger partial charge is 0.357 e. The maximum atomic E-state index is 14.9. The van der Waals surface area contributed by atoms with Crippen molar-refractivity contribution in [1.29, 1.82) is 0 Å². The lowest BCUT2D eigenvalue weighted by atomic mass is 10.0. The number of pyridine rings is 5. The highest BCUT2D eigenvalue weighted by molar-refractivity contribution is 7.12. The molecule has 1 aliphatic carbocycles. The van der Waals surface area contributed by atoms with Crippen LogP contribution in [0, 0.1) is 31.3 Å². The minimum atomic E-state index is -0.563. The third-order valence-electron chi connectivity index (χ3n) is 20.4. The number of nitrogens with zero attached hydrogens (tertiary/aromatic N) is 18. The van der Waals surface area contributed by atoms with Crippen LogP contribution in [0.4, 0.5) is 30.6 Å². The van der Waals surface area contributed by atoms with Crippen LogP contribution >= 0.6 is 34.5 Å². The molecule has 1 saturated carbocycles. The smallest absolute Gasteiger partial charge is 0.350 e. The van der Waals surface area contributed by atoms with Gasteiger partial charge < -0.3 is 29.4 Å². The van der Waals surface area contributed by atoms with Crippen molar-refractivity contribution in [3.05, 3.63) is 228 Å². The number of aromatic nitrogens is 12. The highest BCUT2D eigenvalue weighted by atomic mass is 35.5. The number of aryl methyl sites for hydroxylation is 3. The van der Waals surface area contributed by atoms with E-state index in [2.05, 4.69) is 54.6 Å². The molecule has 4 atom stereocenters. The number of halogens is 5. The molecular weight excluding hydrogens is 1480 g/mol. The lowest BCUT2D eigenvalue weighted by Gasteiger charge is -2.45. The van der Waals surface area contributed by atoms with E-state index in [1.807, 2.05) is 82.2 Å². The fourth-order valence-corrected chi connectivity index (χ4v) is 16.2. The van der Waals surface area contributed by atoms with Gasteiger partial charge in [0.2, 0.25) is 17.7 Å². The molecule has 0 N–H and O–H groups in total. The first-order chi connectivity index (χ1) is 53.2. The molecule has 12 heterocycles. The van der Waals surface area contributed by atoms with Gasteiger partial charge in [0, 0.05) is 106 Å². The van der Waals surface area contributed by atoms with Gasteiger partial charge in [-0.25, -0.2) is 66.2 Å². The summed E-state index contributed by atoms with van der Waals surface area (Å²) in [6, 6.07) is 22.2. The predicted octanol–water partition coefficient (Wildman–Crippen LogP) is 12.9. The summed E-state index contributed by atoms with van der Waals surface area (Å²) in [7, 11) is 0. The highest BCUT2D eigenvalue weighted by Crippen LogP contribution is 2.45. The molecule has 30 heteroatoms. The first-order valence-corrected chi connectivity index (χ1v) is 38.1. The van der Waals surface area contributed by atoms with Gasteiger partial charge in [-0.2, -0.15) is 15.0 Å². The number of rotatable bonds is 14. The van der Waals surface area contributed by atoms with Crippen molar-refractivity contribution < 1.29 is 27.6 Å². The van der Waals surface area contributed by atoms with Crippen molar-refractivity contribution in [2.45, 2.75) is 118 Å². The molecule has 11 aromatic rings. The predicted molar refractivity (Wildman–Crippen MR) is 428 cm³/mol. The summed E-state index contributed by atoms with van der Waals surface area (Å²) in [5.74, 6) is 0.119. The number of hydrogen-bond acceptors (Lipinski definition) is 19. The standard InChI is InChI=1S/C28H26ClFN6O2.C27H24ClFN6O2S.C26H31FN6O2/c1-4-18-9-8-12-31-25(18)36-27-20(15-21(29)24(32-27)19-10-6-7-11-22(19)30)26(33-28(36)38)35-14-13-34(16-17(35)3)23(37)5-2;1-3-21(36)33-10-11-34(15(2)13-33)24-18-12-19(28)23(17-6-4-5-7-20(17)29)31-25(18)35(27(37)32-24)26-22(16-8-9-16)30-14-38-26;1-8-21(34)31-12-16(5)32(17(6)13-31)25-19-11-20(27)18(7)29-24(19)33(26(35)30-25)23-15(4)9-10-28-22(23)14(2)3/h5-12,15,17H,2,4,13-14,16H2,1,3H3;3-7,12,14-16H,1,8-11,13H2,2H3;8-11,14,16-17H,1,12-13H2,2-7H3/t17-;15-;16-,17-/m000/s1. The number of anilines is 3. The van der Waals surface area contributed by atoms with Gasteiger partial charge in [-0.15, -0.1) is 11.3 Å². The molecule has 0 spiro atoms. The van der Waals surface area contributed by atoms with Crippen LogP contribution in [0.5, 0.6) is 0 Å². The SMILES string of the molecule is C=CC(=O)N1CCN(c2nc(=O)n(-c3ncccc3CC)c3nc(-c4ccccc4F)c(Cl)cc23)[C@@H](C)C1.C=CC(=O)N1CCN(c2nc(=O)n(-c3scnc3C3CC3)c3nc(-c4ccccc4F)c(Cl)cc23)[C@@H](C)C1.C=CC(=O)N1C[C@H](C)N(c2nc(=O)n(-c3c(C)ccnc3C(C)C)c3nc(C)c(F)cc23)[C@@H](C)C1.